The monoisotopic (exact) mass is 352 g/mol. The smallest absolute Gasteiger partial charge is 0.309 e. The Labute approximate surface area is 155 Å². The first-order chi connectivity index (χ1) is 11.8. The van der Waals surface area contributed by atoms with Crippen LogP contribution in [0.15, 0.2) is 12.2 Å². The number of aliphatic carboxylic acids is 1. The van der Waals surface area contributed by atoms with Gasteiger partial charge in [-0.1, -0.05) is 58.6 Å². The molecule has 0 rings (SSSR count). The van der Waals surface area contributed by atoms with E-state index in [2.05, 4.69) is 26.0 Å². The molecule has 0 aromatic rings. The van der Waals surface area contributed by atoms with Gasteiger partial charge in [0.2, 0.25) is 0 Å². The van der Waals surface area contributed by atoms with Crippen LogP contribution in [-0.2, 0) is 9.59 Å². The molecule has 0 aromatic heterocycles. The quantitative estimate of drug-likeness (QED) is 0.194. The number of allylic oxidation sites excluding steroid dienone is 2. The fraction of sp³-hybridized carbons (Fsp3) is 0.818. The predicted molar refractivity (Wildman–Crippen MR) is 106 cm³/mol. The minimum Gasteiger partial charge on any atom is -0.481 e. The van der Waals surface area contributed by atoms with E-state index in [-0.39, 0.29) is 5.41 Å². The molecular formula is C22H40O3. The van der Waals surface area contributed by atoms with Gasteiger partial charge in [-0.05, 0) is 57.3 Å². The van der Waals surface area contributed by atoms with Gasteiger partial charge in [-0.25, -0.2) is 0 Å². The molecule has 25 heavy (non-hydrogen) atoms. The highest BCUT2D eigenvalue weighted by Gasteiger charge is 2.29. The van der Waals surface area contributed by atoms with Gasteiger partial charge in [-0.15, -0.1) is 0 Å². The molecule has 0 saturated carbocycles. The zero-order chi connectivity index (χ0) is 19.2. The maximum atomic E-state index is 11.2. The number of aldehydes is 1. The Morgan fingerprint density at radius 1 is 0.880 bits per heavy atom. The molecule has 1 N–H and O–H groups in total. The van der Waals surface area contributed by atoms with Crippen molar-refractivity contribution in [1.82, 2.24) is 0 Å². The summed E-state index contributed by atoms with van der Waals surface area (Å²) in [5.41, 5.74) is -0.360. The van der Waals surface area contributed by atoms with E-state index in [1.807, 2.05) is 13.8 Å². The summed E-state index contributed by atoms with van der Waals surface area (Å²) in [5, 5.41) is 9.24. The van der Waals surface area contributed by atoms with E-state index in [0.717, 1.165) is 51.2 Å². The number of hydrogen-bond acceptors (Lipinski definition) is 2. The third-order valence-electron chi connectivity index (χ3n) is 5.89. The van der Waals surface area contributed by atoms with E-state index in [0.29, 0.717) is 12.8 Å². The van der Waals surface area contributed by atoms with Crippen LogP contribution in [0.2, 0.25) is 0 Å². The maximum Gasteiger partial charge on any atom is 0.309 e. The fourth-order valence-electron chi connectivity index (χ4n) is 3.06. The molecular weight excluding hydrogens is 312 g/mol. The highest BCUT2D eigenvalue weighted by atomic mass is 16.4. The molecule has 0 bridgehead atoms. The van der Waals surface area contributed by atoms with Gasteiger partial charge in [0.1, 0.15) is 6.29 Å². The predicted octanol–water partition coefficient (Wildman–Crippen LogP) is 6.56. The Kier molecular flexibility index (Phi) is 12.5. The molecule has 0 aromatic carbocycles. The zero-order valence-electron chi connectivity index (χ0n) is 17.0. The van der Waals surface area contributed by atoms with Crippen molar-refractivity contribution in [3.63, 3.8) is 0 Å². The van der Waals surface area contributed by atoms with Gasteiger partial charge in [0.05, 0.1) is 5.41 Å². The maximum absolute atomic E-state index is 11.2. The SMILES string of the molecule is CCC(C)(CC=O)CCCCC/C=C\CCCCC(C)(CC)C(=O)O. The van der Waals surface area contributed by atoms with Crippen LogP contribution in [0.25, 0.3) is 0 Å². The Bertz CT molecular complexity index is 402. The van der Waals surface area contributed by atoms with E-state index in [9.17, 15) is 14.7 Å². The van der Waals surface area contributed by atoms with Crippen LogP contribution < -0.4 is 0 Å². The van der Waals surface area contributed by atoms with Crippen LogP contribution in [0.1, 0.15) is 105 Å². The highest BCUT2D eigenvalue weighted by Crippen LogP contribution is 2.31. The average molecular weight is 353 g/mol. The summed E-state index contributed by atoms with van der Waals surface area (Å²) in [6.45, 7) is 8.20. The normalized spacial score (nSPS) is 16.5. The first kappa shape index (κ1) is 23.9. The molecule has 0 spiro atoms. The second-order valence-corrected chi connectivity index (χ2v) is 8.07. The molecule has 0 radical (unpaired) electrons. The van der Waals surface area contributed by atoms with Crippen molar-refractivity contribution in [2.45, 2.75) is 105 Å². The topological polar surface area (TPSA) is 54.4 Å². The largest absolute Gasteiger partial charge is 0.481 e. The van der Waals surface area contributed by atoms with E-state index >= 15 is 0 Å². The Morgan fingerprint density at radius 3 is 1.92 bits per heavy atom. The summed E-state index contributed by atoms with van der Waals surface area (Å²) >= 11 is 0. The first-order valence-electron chi connectivity index (χ1n) is 10.2. The van der Waals surface area contributed by atoms with Crippen LogP contribution in [-0.4, -0.2) is 17.4 Å². The molecule has 2 unspecified atom stereocenters. The summed E-state index contributed by atoms with van der Waals surface area (Å²) in [5.74, 6) is -0.669. The summed E-state index contributed by atoms with van der Waals surface area (Å²) in [6.07, 6.45) is 17.8. The number of carbonyl (C=O) groups excluding carboxylic acids is 1. The van der Waals surface area contributed by atoms with Gasteiger partial charge in [-0.3, -0.25) is 4.79 Å². The molecule has 0 aliphatic heterocycles. The number of hydrogen-bond donors (Lipinski definition) is 1. The minimum atomic E-state index is -0.669. The van der Waals surface area contributed by atoms with E-state index in [1.165, 1.54) is 19.3 Å². The molecule has 0 fully saturated rings. The van der Waals surface area contributed by atoms with Crippen LogP contribution in [0.5, 0.6) is 0 Å². The lowest BCUT2D eigenvalue weighted by Gasteiger charge is -2.25. The van der Waals surface area contributed by atoms with Crippen molar-refractivity contribution in [3.05, 3.63) is 12.2 Å². The molecule has 0 heterocycles. The fourth-order valence-corrected chi connectivity index (χ4v) is 3.06. The molecule has 2 atom stereocenters. The van der Waals surface area contributed by atoms with E-state index < -0.39 is 11.4 Å². The van der Waals surface area contributed by atoms with Crippen molar-refractivity contribution < 1.29 is 14.7 Å². The summed E-state index contributed by atoms with van der Waals surface area (Å²) in [7, 11) is 0. The molecule has 3 heteroatoms. The third kappa shape index (κ3) is 10.5. The standard InChI is InChI=1S/C22H40O3/c1-5-21(3,18-19-23)16-14-12-10-8-7-9-11-13-15-17-22(4,6-2)20(24)25/h7,9,19H,5-6,8,10-18H2,1-4H3,(H,24,25)/b9-7-. The van der Waals surface area contributed by atoms with Crippen molar-refractivity contribution >= 4 is 12.3 Å². The average Bonchev–Trinajstić information content (AvgIpc) is 2.59. The highest BCUT2D eigenvalue weighted by molar-refractivity contribution is 5.73. The van der Waals surface area contributed by atoms with Gasteiger partial charge in [0, 0.05) is 6.42 Å². The third-order valence-corrected chi connectivity index (χ3v) is 5.89. The van der Waals surface area contributed by atoms with Crippen molar-refractivity contribution in [2.24, 2.45) is 10.8 Å². The van der Waals surface area contributed by atoms with Gasteiger partial charge in [0.15, 0.2) is 0 Å². The van der Waals surface area contributed by atoms with Crippen molar-refractivity contribution in [1.29, 1.82) is 0 Å². The van der Waals surface area contributed by atoms with Crippen molar-refractivity contribution in [3.8, 4) is 0 Å². The molecule has 0 saturated heterocycles. The number of unbranched alkanes of at least 4 members (excludes halogenated alkanes) is 5. The lowest BCUT2D eigenvalue weighted by Crippen LogP contribution is -2.26. The van der Waals surface area contributed by atoms with Gasteiger partial charge in [-0.2, -0.15) is 0 Å². The number of rotatable bonds is 16. The molecule has 0 aliphatic rings. The zero-order valence-corrected chi connectivity index (χ0v) is 17.0. The van der Waals surface area contributed by atoms with Crippen LogP contribution in [0, 0.1) is 10.8 Å². The lowest BCUT2D eigenvalue weighted by atomic mass is 9.79. The first-order valence-corrected chi connectivity index (χ1v) is 10.2. The summed E-state index contributed by atoms with van der Waals surface area (Å²) in [4.78, 5) is 22.0. The van der Waals surface area contributed by atoms with Gasteiger partial charge in [0.25, 0.3) is 0 Å². The number of carbonyl (C=O) groups is 2. The Balaban J connectivity index is 3.68. The van der Waals surface area contributed by atoms with Crippen LogP contribution in [0.3, 0.4) is 0 Å². The minimum absolute atomic E-state index is 0.195. The van der Waals surface area contributed by atoms with Gasteiger partial charge >= 0.3 is 5.97 Å². The lowest BCUT2D eigenvalue weighted by molar-refractivity contribution is -0.148. The van der Waals surface area contributed by atoms with Crippen LogP contribution >= 0.6 is 0 Å². The van der Waals surface area contributed by atoms with Crippen LogP contribution in [0.4, 0.5) is 0 Å². The summed E-state index contributed by atoms with van der Waals surface area (Å²) < 4.78 is 0. The van der Waals surface area contributed by atoms with Gasteiger partial charge < -0.3 is 9.90 Å². The van der Waals surface area contributed by atoms with E-state index in [1.54, 1.807) is 0 Å². The Hall–Kier alpha value is -1.12. The second-order valence-electron chi connectivity index (χ2n) is 8.07. The molecule has 146 valence electrons. The van der Waals surface area contributed by atoms with E-state index in [4.69, 9.17) is 0 Å². The summed E-state index contributed by atoms with van der Waals surface area (Å²) in [6, 6.07) is 0. The number of carboxylic acids is 1. The number of carboxylic acid groups (broad SMARTS) is 1. The molecule has 0 aliphatic carbocycles. The van der Waals surface area contributed by atoms with Crippen molar-refractivity contribution in [2.75, 3.05) is 0 Å². The molecule has 0 amide bonds. The second kappa shape index (κ2) is 13.1. The Morgan fingerprint density at radius 2 is 1.44 bits per heavy atom. The molecule has 3 nitrogen and oxygen atoms in total.